The highest BCUT2D eigenvalue weighted by molar-refractivity contribution is 7.19. The van der Waals surface area contributed by atoms with E-state index < -0.39 is 17.5 Å². The van der Waals surface area contributed by atoms with Crippen molar-refractivity contribution in [1.29, 1.82) is 0 Å². The van der Waals surface area contributed by atoms with E-state index in [0.717, 1.165) is 23.5 Å². The van der Waals surface area contributed by atoms with E-state index in [2.05, 4.69) is 15.5 Å². The average Bonchev–Trinajstić information content (AvgIpc) is 2.63. The first-order valence-electron chi connectivity index (χ1n) is 4.41. The molecule has 0 aliphatic heterocycles. The topological polar surface area (TPSA) is 80.9 Å². The Morgan fingerprint density at radius 1 is 1.35 bits per heavy atom. The van der Waals surface area contributed by atoms with E-state index >= 15 is 0 Å². The lowest BCUT2D eigenvalue weighted by atomic mass is 10.2. The Bertz CT molecular complexity index is 572. The second-order valence-electron chi connectivity index (χ2n) is 3.02. The molecule has 1 aromatic heterocycles. The highest BCUT2D eigenvalue weighted by Gasteiger charge is 2.14. The fourth-order valence-corrected chi connectivity index (χ4v) is 1.63. The molecule has 0 aliphatic carbocycles. The minimum Gasteiger partial charge on any atom is -0.374 e. The molecular formula is C9H6F2N4OS. The normalized spacial score (nSPS) is 10.2. The van der Waals surface area contributed by atoms with Crippen LogP contribution in [0.2, 0.25) is 0 Å². The first-order valence-corrected chi connectivity index (χ1v) is 5.23. The van der Waals surface area contributed by atoms with Gasteiger partial charge >= 0.3 is 0 Å². The zero-order chi connectivity index (χ0) is 12.4. The lowest BCUT2D eigenvalue weighted by Crippen LogP contribution is -2.13. The van der Waals surface area contributed by atoms with Crippen molar-refractivity contribution in [1.82, 2.24) is 10.2 Å². The van der Waals surface area contributed by atoms with Crippen LogP contribution in [-0.4, -0.2) is 16.1 Å². The standard InChI is InChI=1S/C9H6F2N4OS/c10-4-1-2-5(6(11)3-4)7(16)13-9-15-14-8(12)17-9/h1-3H,(H2,12,14)(H,13,15,16). The van der Waals surface area contributed by atoms with Crippen molar-refractivity contribution >= 4 is 27.5 Å². The molecule has 0 radical (unpaired) electrons. The van der Waals surface area contributed by atoms with Crippen molar-refractivity contribution in [2.75, 3.05) is 11.1 Å². The van der Waals surface area contributed by atoms with Crippen molar-refractivity contribution in [3.05, 3.63) is 35.4 Å². The minimum absolute atomic E-state index is 0.149. The van der Waals surface area contributed by atoms with Crippen molar-refractivity contribution in [3.8, 4) is 0 Å². The van der Waals surface area contributed by atoms with E-state index in [0.29, 0.717) is 6.07 Å². The molecule has 0 spiro atoms. The molecule has 0 aliphatic rings. The second-order valence-corrected chi connectivity index (χ2v) is 4.03. The molecule has 5 nitrogen and oxygen atoms in total. The predicted octanol–water partition coefficient (Wildman–Crippen LogP) is 1.65. The molecule has 0 saturated carbocycles. The first kappa shape index (κ1) is 11.4. The monoisotopic (exact) mass is 256 g/mol. The van der Waals surface area contributed by atoms with E-state index in [4.69, 9.17) is 5.73 Å². The highest BCUT2D eigenvalue weighted by atomic mass is 32.1. The maximum Gasteiger partial charge on any atom is 0.260 e. The molecule has 3 N–H and O–H groups in total. The maximum atomic E-state index is 13.3. The summed E-state index contributed by atoms with van der Waals surface area (Å²) in [5.74, 6) is -2.43. The fourth-order valence-electron chi connectivity index (χ4n) is 1.12. The second kappa shape index (κ2) is 4.42. The van der Waals surface area contributed by atoms with Crippen molar-refractivity contribution < 1.29 is 13.6 Å². The number of halogens is 2. The van der Waals surface area contributed by atoms with E-state index in [1.54, 1.807) is 0 Å². The number of carbonyl (C=O) groups is 1. The zero-order valence-corrected chi connectivity index (χ0v) is 9.09. The number of amides is 1. The van der Waals surface area contributed by atoms with Gasteiger partial charge in [0.25, 0.3) is 5.91 Å². The van der Waals surface area contributed by atoms with Crippen LogP contribution in [0.5, 0.6) is 0 Å². The van der Waals surface area contributed by atoms with Gasteiger partial charge in [0, 0.05) is 6.07 Å². The van der Waals surface area contributed by atoms with Gasteiger partial charge in [0.05, 0.1) is 5.56 Å². The number of aromatic nitrogens is 2. The molecule has 0 atom stereocenters. The lowest BCUT2D eigenvalue weighted by Gasteiger charge is -2.02. The summed E-state index contributed by atoms with van der Waals surface area (Å²) in [6.45, 7) is 0. The van der Waals surface area contributed by atoms with Gasteiger partial charge in [-0.25, -0.2) is 8.78 Å². The predicted molar refractivity (Wildman–Crippen MR) is 58.6 cm³/mol. The lowest BCUT2D eigenvalue weighted by molar-refractivity contribution is 0.102. The molecule has 0 saturated heterocycles. The van der Waals surface area contributed by atoms with Gasteiger partial charge in [-0.05, 0) is 12.1 Å². The maximum absolute atomic E-state index is 13.3. The number of rotatable bonds is 2. The van der Waals surface area contributed by atoms with Crippen LogP contribution in [0.25, 0.3) is 0 Å². The Morgan fingerprint density at radius 2 is 2.12 bits per heavy atom. The van der Waals surface area contributed by atoms with Crippen LogP contribution >= 0.6 is 11.3 Å². The molecule has 2 aromatic rings. The van der Waals surface area contributed by atoms with Crippen LogP contribution in [0.3, 0.4) is 0 Å². The summed E-state index contributed by atoms with van der Waals surface area (Å²) in [7, 11) is 0. The van der Waals surface area contributed by atoms with E-state index in [1.807, 2.05) is 0 Å². The Morgan fingerprint density at radius 3 is 2.71 bits per heavy atom. The van der Waals surface area contributed by atoms with Gasteiger partial charge in [0.15, 0.2) is 0 Å². The molecular weight excluding hydrogens is 250 g/mol. The number of nitrogens with two attached hydrogens (primary N) is 1. The number of benzene rings is 1. The third kappa shape index (κ3) is 2.53. The summed E-state index contributed by atoms with van der Waals surface area (Å²) < 4.78 is 25.9. The number of hydrogen-bond acceptors (Lipinski definition) is 5. The fraction of sp³-hybridized carbons (Fsp3) is 0. The van der Waals surface area contributed by atoms with Crippen LogP contribution in [0.1, 0.15) is 10.4 Å². The van der Waals surface area contributed by atoms with Crippen molar-refractivity contribution in [2.24, 2.45) is 0 Å². The summed E-state index contributed by atoms with van der Waals surface area (Å²) in [6, 6.07) is 2.67. The number of hydrogen-bond donors (Lipinski definition) is 2. The van der Waals surface area contributed by atoms with Gasteiger partial charge < -0.3 is 5.73 Å². The van der Waals surface area contributed by atoms with E-state index in [-0.39, 0.29) is 15.8 Å². The van der Waals surface area contributed by atoms with Gasteiger partial charge in [0.1, 0.15) is 11.6 Å². The smallest absolute Gasteiger partial charge is 0.260 e. The third-order valence-electron chi connectivity index (χ3n) is 1.84. The van der Waals surface area contributed by atoms with Crippen LogP contribution in [0.15, 0.2) is 18.2 Å². The largest absolute Gasteiger partial charge is 0.374 e. The highest BCUT2D eigenvalue weighted by Crippen LogP contribution is 2.18. The summed E-state index contributed by atoms with van der Waals surface area (Å²) in [4.78, 5) is 11.6. The summed E-state index contributed by atoms with van der Waals surface area (Å²) in [5.41, 5.74) is 5.04. The number of nitrogens with one attached hydrogen (secondary N) is 1. The summed E-state index contributed by atoms with van der Waals surface area (Å²) >= 11 is 0.947. The number of carbonyl (C=O) groups excluding carboxylic acids is 1. The Hall–Kier alpha value is -2.09. The molecule has 2 rings (SSSR count). The van der Waals surface area contributed by atoms with Crippen LogP contribution in [-0.2, 0) is 0 Å². The Labute approximate surface area is 98.3 Å². The molecule has 0 fully saturated rings. The minimum atomic E-state index is -0.944. The Balaban J connectivity index is 2.20. The molecule has 1 heterocycles. The molecule has 17 heavy (non-hydrogen) atoms. The molecule has 0 unspecified atom stereocenters. The van der Waals surface area contributed by atoms with Crippen molar-refractivity contribution in [2.45, 2.75) is 0 Å². The van der Waals surface area contributed by atoms with Gasteiger partial charge in [-0.3, -0.25) is 10.1 Å². The summed E-state index contributed by atoms with van der Waals surface area (Å²) in [5, 5.41) is 9.65. The van der Waals surface area contributed by atoms with Crippen LogP contribution in [0, 0.1) is 11.6 Å². The van der Waals surface area contributed by atoms with E-state index in [1.165, 1.54) is 0 Å². The number of nitrogens with zero attached hydrogens (tertiary/aromatic N) is 2. The molecule has 8 heteroatoms. The van der Waals surface area contributed by atoms with Crippen LogP contribution in [0.4, 0.5) is 19.0 Å². The van der Waals surface area contributed by atoms with Gasteiger partial charge in [-0.2, -0.15) is 0 Å². The van der Waals surface area contributed by atoms with Gasteiger partial charge in [-0.15, -0.1) is 10.2 Å². The van der Waals surface area contributed by atoms with Gasteiger partial charge in [0.2, 0.25) is 10.3 Å². The number of nitrogen functional groups attached to an aromatic ring is 1. The third-order valence-corrected chi connectivity index (χ3v) is 2.50. The molecule has 1 aromatic carbocycles. The molecule has 88 valence electrons. The molecule has 0 bridgehead atoms. The van der Waals surface area contributed by atoms with Gasteiger partial charge in [-0.1, -0.05) is 11.3 Å². The number of anilines is 2. The zero-order valence-electron chi connectivity index (χ0n) is 8.28. The summed E-state index contributed by atoms with van der Waals surface area (Å²) in [6.07, 6.45) is 0. The van der Waals surface area contributed by atoms with Crippen molar-refractivity contribution in [3.63, 3.8) is 0 Å². The van der Waals surface area contributed by atoms with Crippen LogP contribution < -0.4 is 11.1 Å². The quantitative estimate of drug-likeness (QED) is 0.856. The SMILES string of the molecule is Nc1nnc(NC(=O)c2ccc(F)cc2F)s1. The molecule has 1 amide bonds. The Kier molecular flexibility index (Phi) is 2.96. The average molecular weight is 256 g/mol. The van der Waals surface area contributed by atoms with E-state index in [9.17, 15) is 13.6 Å². The first-order chi connectivity index (χ1) is 8.06.